The van der Waals surface area contributed by atoms with E-state index in [2.05, 4.69) is 24.0 Å². The van der Waals surface area contributed by atoms with Gasteiger partial charge in [0.25, 0.3) is 0 Å². The molecule has 0 bridgehead atoms. The SMILES string of the molecule is CCC(N)Cc1c(Cl)cccc1N1CCC2CCCCC21. The number of anilines is 1. The van der Waals surface area contributed by atoms with Crippen molar-refractivity contribution in [2.24, 2.45) is 11.7 Å². The van der Waals surface area contributed by atoms with E-state index in [1.165, 1.54) is 49.9 Å². The maximum atomic E-state index is 6.50. The minimum atomic E-state index is 0.202. The number of nitrogens with zero attached hydrogens (tertiary/aromatic N) is 1. The number of hydrogen-bond acceptors (Lipinski definition) is 2. The van der Waals surface area contributed by atoms with Gasteiger partial charge in [0.2, 0.25) is 0 Å². The van der Waals surface area contributed by atoms with Gasteiger partial charge in [-0.05, 0) is 55.7 Å². The number of nitrogens with two attached hydrogens (primary N) is 1. The molecule has 0 aromatic heterocycles. The molecule has 1 saturated heterocycles. The zero-order valence-electron chi connectivity index (χ0n) is 13.0. The Balaban J connectivity index is 1.89. The van der Waals surface area contributed by atoms with Crippen LogP contribution in [0.2, 0.25) is 5.02 Å². The molecule has 2 fully saturated rings. The molecule has 0 radical (unpaired) electrons. The lowest BCUT2D eigenvalue weighted by Gasteiger charge is -2.34. The van der Waals surface area contributed by atoms with E-state index in [0.717, 1.165) is 29.8 Å². The summed E-state index contributed by atoms with van der Waals surface area (Å²) < 4.78 is 0. The quantitative estimate of drug-likeness (QED) is 0.894. The van der Waals surface area contributed by atoms with Gasteiger partial charge in [0.05, 0.1) is 0 Å². The van der Waals surface area contributed by atoms with Gasteiger partial charge in [0.15, 0.2) is 0 Å². The van der Waals surface area contributed by atoms with Crippen LogP contribution in [0.4, 0.5) is 5.69 Å². The Hall–Kier alpha value is -0.730. The van der Waals surface area contributed by atoms with Crippen molar-refractivity contribution in [1.82, 2.24) is 0 Å². The van der Waals surface area contributed by atoms with Gasteiger partial charge < -0.3 is 10.6 Å². The van der Waals surface area contributed by atoms with Crippen molar-refractivity contribution in [1.29, 1.82) is 0 Å². The molecule has 21 heavy (non-hydrogen) atoms. The third kappa shape index (κ3) is 3.07. The lowest BCUT2D eigenvalue weighted by atomic mass is 9.85. The van der Waals surface area contributed by atoms with Gasteiger partial charge in [-0.2, -0.15) is 0 Å². The Labute approximate surface area is 133 Å². The second-order valence-electron chi connectivity index (χ2n) is 6.70. The maximum Gasteiger partial charge on any atom is 0.0459 e. The van der Waals surface area contributed by atoms with Crippen LogP contribution in [-0.4, -0.2) is 18.6 Å². The summed E-state index contributed by atoms with van der Waals surface area (Å²) >= 11 is 6.50. The smallest absolute Gasteiger partial charge is 0.0459 e. The van der Waals surface area contributed by atoms with Crippen LogP contribution in [0.3, 0.4) is 0 Å². The minimum absolute atomic E-state index is 0.202. The lowest BCUT2D eigenvalue weighted by molar-refractivity contribution is 0.342. The molecular weight excluding hydrogens is 280 g/mol. The van der Waals surface area contributed by atoms with Crippen LogP contribution < -0.4 is 10.6 Å². The third-order valence-electron chi connectivity index (χ3n) is 5.40. The zero-order valence-corrected chi connectivity index (χ0v) is 13.8. The van der Waals surface area contributed by atoms with Gasteiger partial charge in [-0.3, -0.25) is 0 Å². The Bertz CT molecular complexity index is 488. The molecule has 3 heteroatoms. The van der Waals surface area contributed by atoms with Crippen molar-refractivity contribution < 1.29 is 0 Å². The second-order valence-corrected chi connectivity index (χ2v) is 7.11. The van der Waals surface area contributed by atoms with Crippen molar-refractivity contribution in [2.45, 2.75) is 64.0 Å². The predicted molar refractivity (Wildman–Crippen MR) is 91.1 cm³/mol. The van der Waals surface area contributed by atoms with Gasteiger partial charge in [-0.25, -0.2) is 0 Å². The molecule has 3 rings (SSSR count). The first-order valence-electron chi connectivity index (χ1n) is 8.50. The Morgan fingerprint density at radius 1 is 1.29 bits per heavy atom. The standard InChI is InChI=1S/C18H27ClN2/c1-2-14(20)12-15-16(19)7-5-9-18(15)21-11-10-13-6-3-4-8-17(13)21/h5,7,9,13-14,17H,2-4,6,8,10-12,20H2,1H3. The average molecular weight is 307 g/mol. The van der Waals surface area contributed by atoms with E-state index in [1.807, 2.05) is 6.07 Å². The molecule has 3 atom stereocenters. The van der Waals surface area contributed by atoms with Gasteiger partial charge in [0, 0.05) is 29.3 Å². The van der Waals surface area contributed by atoms with Crippen LogP contribution >= 0.6 is 11.6 Å². The van der Waals surface area contributed by atoms with Crippen molar-refractivity contribution >= 4 is 17.3 Å². The van der Waals surface area contributed by atoms with E-state index < -0.39 is 0 Å². The average Bonchev–Trinajstić information content (AvgIpc) is 2.93. The largest absolute Gasteiger partial charge is 0.368 e. The molecule has 1 saturated carbocycles. The third-order valence-corrected chi connectivity index (χ3v) is 5.76. The fourth-order valence-corrected chi connectivity index (χ4v) is 4.38. The summed E-state index contributed by atoms with van der Waals surface area (Å²) in [4.78, 5) is 2.63. The number of hydrogen-bond donors (Lipinski definition) is 1. The van der Waals surface area contributed by atoms with E-state index in [9.17, 15) is 0 Å². The molecule has 1 aliphatic heterocycles. The topological polar surface area (TPSA) is 29.3 Å². The fraction of sp³-hybridized carbons (Fsp3) is 0.667. The van der Waals surface area contributed by atoms with Crippen LogP contribution in [-0.2, 0) is 6.42 Å². The number of halogens is 1. The van der Waals surface area contributed by atoms with Gasteiger partial charge in [-0.15, -0.1) is 0 Å². The number of fused-ring (bicyclic) bond motifs is 1. The first-order chi connectivity index (χ1) is 10.2. The summed E-state index contributed by atoms with van der Waals surface area (Å²) in [5.41, 5.74) is 8.81. The van der Waals surface area contributed by atoms with Crippen molar-refractivity contribution in [3.63, 3.8) is 0 Å². The highest BCUT2D eigenvalue weighted by molar-refractivity contribution is 6.31. The predicted octanol–water partition coefficient (Wildman–Crippen LogP) is 4.39. The molecule has 2 aliphatic rings. The van der Waals surface area contributed by atoms with Gasteiger partial charge in [-0.1, -0.05) is 37.4 Å². The van der Waals surface area contributed by atoms with E-state index in [0.29, 0.717) is 0 Å². The highest BCUT2D eigenvalue weighted by Crippen LogP contribution is 2.41. The normalized spacial score (nSPS) is 26.7. The fourth-order valence-electron chi connectivity index (χ4n) is 4.13. The van der Waals surface area contributed by atoms with Crippen molar-refractivity contribution in [2.75, 3.05) is 11.4 Å². The molecular formula is C18H27ClN2. The molecule has 1 aliphatic carbocycles. The highest BCUT2D eigenvalue weighted by Gasteiger charge is 2.36. The van der Waals surface area contributed by atoms with Crippen LogP contribution in [0, 0.1) is 5.92 Å². The van der Waals surface area contributed by atoms with Crippen LogP contribution in [0.15, 0.2) is 18.2 Å². The van der Waals surface area contributed by atoms with Crippen LogP contribution in [0.1, 0.15) is 51.0 Å². The summed E-state index contributed by atoms with van der Waals surface area (Å²) in [6.45, 7) is 3.33. The van der Waals surface area contributed by atoms with E-state index in [-0.39, 0.29) is 6.04 Å². The second kappa shape index (κ2) is 6.58. The molecule has 0 amide bonds. The molecule has 1 aromatic rings. The number of benzene rings is 1. The molecule has 1 heterocycles. The van der Waals surface area contributed by atoms with Crippen LogP contribution in [0.25, 0.3) is 0 Å². The minimum Gasteiger partial charge on any atom is -0.368 e. The number of rotatable bonds is 4. The van der Waals surface area contributed by atoms with Gasteiger partial charge >= 0.3 is 0 Å². The molecule has 1 aromatic carbocycles. The zero-order chi connectivity index (χ0) is 14.8. The summed E-state index contributed by atoms with van der Waals surface area (Å²) in [6.07, 6.45) is 8.77. The van der Waals surface area contributed by atoms with Crippen LogP contribution in [0.5, 0.6) is 0 Å². The Kier molecular flexibility index (Phi) is 4.75. The summed E-state index contributed by atoms with van der Waals surface area (Å²) in [6, 6.07) is 7.29. The summed E-state index contributed by atoms with van der Waals surface area (Å²) in [5.74, 6) is 0.894. The molecule has 2 N–H and O–H groups in total. The molecule has 3 unspecified atom stereocenters. The first kappa shape index (κ1) is 15.2. The first-order valence-corrected chi connectivity index (χ1v) is 8.88. The summed E-state index contributed by atoms with van der Waals surface area (Å²) in [5, 5.41) is 0.885. The highest BCUT2D eigenvalue weighted by atomic mass is 35.5. The Morgan fingerprint density at radius 3 is 2.90 bits per heavy atom. The van der Waals surface area contributed by atoms with Crippen molar-refractivity contribution in [3.05, 3.63) is 28.8 Å². The maximum absolute atomic E-state index is 6.50. The monoisotopic (exact) mass is 306 g/mol. The molecule has 116 valence electrons. The lowest BCUT2D eigenvalue weighted by Crippen LogP contribution is -2.35. The molecule has 2 nitrogen and oxygen atoms in total. The molecule has 0 spiro atoms. The van der Waals surface area contributed by atoms with Gasteiger partial charge in [0.1, 0.15) is 0 Å². The Morgan fingerprint density at radius 2 is 2.10 bits per heavy atom. The van der Waals surface area contributed by atoms with E-state index in [1.54, 1.807) is 0 Å². The van der Waals surface area contributed by atoms with Crippen molar-refractivity contribution in [3.8, 4) is 0 Å². The van der Waals surface area contributed by atoms with E-state index in [4.69, 9.17) is 17.3 Å². The summed E-state index contributed by atoms with van der Waals surface area (Å²) in [7, 11) is 0. The van der Waals surface area contributed by atoms with E-state index >= 15 is 0 Å².